The quantitative estimate of drug-likeness (QED) is 0.371. The van der Waals surface area contributed by atoms with Gasteiger partial charge in [-0.15, -0.1) is 0 Å². The van der Waals surface area contributed by atoms with Gasteiger partial charge in [0.2, 0.25) is 18.6 Å². The predicted molar refractivity (Wildman–Crippen MR) is 130 cm³/mol. The van der Waals surface area contributed by atoms with Crippen LogP contribution < -0.4 is 14.8 Å². The van der Waals surface area contributed by atoms with Crippen LogP contribution in [0.4, 0.5) is 10.1 Å². The van der Waals surface area contributed by atoms with Gasteiger partial charge in [-0.3, -0.25) is 9.59 Å². The molecule has 1 aliphatic heterocycles. The van der Waals surface area contributed by atoms with Gasteiger partial charge < -0.3 is 19.7 Å². The summed E-state index contributed by atoms with van der Waals surface area (Å²) in [6.07, 6.45) is 0. The van der Waals surface area contributed by atoms with Crippen molar-refractivity contribution < 1.29 is 23.5 Å². The van der Waals surface area contributed by atoms with E-state index in [9.17, 15) is 14.0 Å². The molecule has 1 aromatic heterocycles. The second-order valence-electron chi connectivity index (χ2n) is 8.07. The first-order valence-electron chi connectivity index (χ1n) is 11.0. The number of aryl methyl sites for hydroxylation is 2. The third-order valence-electron chi connectivity index (χ3n) is 5.39. The molecule has 10 heteroatoms. The van der Waals surface area contributed by atoms with Crippen molar-refractivity contribution in [2.24, 2.45) is 0 Å². The highest BCUT2D eigenvalue weighted by Gasteiger charge is 2.28. The Labute approximate surface area is 206 Å². The second kappa shape index (κ2) is 10.7. The van der Waals surface area contributed by atoms with Gasteiger partial charge in [-0.2, -0.15) is 0 Å². The van der Waals surface area contributed by atoms with E-state index in [-0.39, 0.29) is 25.0 Å². The first-order valence-corrected chi connectivity index (χ1v) is 12.0. The molecule has 0 bridgehead atoms. The number of thioether (sulfide) groups is 1. The number of aromatic nitrogens is 2. The summed E-state index contributed by atoms with van der Waals surface area (Å²) < 4.78 is 25.1. The molecular formula is C25H25FN4O4S. The Morgan fingerprint density at radius 3 is 2.54 bits per heavy atom. The van der Waals surface area contributed by atoms with Crippen LogP contribution in [-0.2, 0) is 16.1 Å². The summed E-state index contributed by atoms with van der Waals surface area (Å²) in [5.74, 6) is -0.0777. The first kappa shape index (κ1) is 24.5. The number of benzene rings is 2. The Morgan fingerprint density at radius 2 is 1.80 bits per heavy atom. The highest BCUT2D eigenvalue weighted by atomic mass is 32.2. The van der Waals surface area contributed by atoms with Crippen LogP contribution in [0.3, 0.4) is 0 Å². The summed E-state index contributed by atoms with van der Waals surface area (Å²) in [4.78, 5) is 36.4. The lowest BCUT2D eigenvalue weighted by Crippen LogP contribution is -2.46. The highest BCUT2D eigenvalue weighted by Crippen LogP contribution is 2.34. The fourth-order valence-electron chi connectivity index (χ4n) is 3.58. The fraction of sp³-hybridized carbons (Fsp3) is 0.280. The second-order valence-corrected chi connectivity index (χ2v) is 9.01. The highest BCUT2D eigenvalue weighted by molar-refractivity contribution is 7.99. The molecule has 4 rings (SSSR count). The number of nitrogens with zero attached hydrogens (tertiary/aromatic N) is 3. The van der Waals surface area contributed by atoms with Crippen LogP contribution in [0.1, 0.15) is 23.9 Å². The fourth-order valence-corrected chi connectivity index (χ4v) is 4.42. The summed E-state index contributed by atoms with van der Waals surface area (Å²) in [5, 5.41) is 3.27. The van der Waals surface area contributed by atoms with Crippen LogP contribution in [0.2, 0.25) is 0 Å². The first-order chi connectivity index (χ1) is 16.8. The molecule has 0 fully saturated rings. The molecule has 2 heterocycles. The summed E-state index contributed by atoms with van der Waals surface area (Å²) in [6.45, 7) is 5.38. The smallest absolute Gasteiger partial charge is 0.246 e. The molecule has 0 saturated heterocycles. The molecule has 8 nitrogen and oxygen atoms in total. The number of amides is 2. The molecule has 0 saturated carbocycles. The maximum atomic E-state index is 14.4. The maximum Gasteiger partial charge on any atom is 0.246 e. The number of anilines is 1. The van der Waals surface area contributed by atoms with Gasteiger partial charge >= 0.3 is 0 Å². The van der Waals surface area contributed by atoms with Crippen molar-refractivity contribution in [3.63, 3.8) is 0 Å². The number of hydrogen-bond acceptors (Lipinski definition) is 7. The molecular weight excluding hydrogens is 471 g/mol. The van der Waals surface area contributed by atoms with Gasteiger partial charge in [0.05, 0.1) is 5.75 Å². The third-order valence-corrected chi connectivity index (χ3v) is 6.22. The molecule has 0 spiro atoms. The molecule has 182 valence electrons. The Morgan fingerprint density at radius 1 is 1.09 bits per heavy atom. The normalized spacial score (nSPS) is 12.8. The van der Waals surface area contributed by atoms with E-state index >= 15 is 0 Å². The standard InChI is InChI=1S/C25H25FN4O4S/c1-15-10-16(2)28-25(27-15)35-13-23(31)30(12-18-6-4-5-7-20(18)26)17(3)24(32)29-19-8-9-21-22(11-19)34-14-33-21/h4-11,17H,12-14H2,1-3H3,(H,29,32). The lowest BCUT2D eigenvalue weighted by molar-refractivity contribution is -0.136. The summed E-state index contributed by atoms with van der Waals surface area (Å²) >= 11 is 1.18. The molecule has 35 heavy (non-hydrogen) atoms. The monoisotopic (exact) mass is 496 g/mol. The van der Waals surface area contributed by atoms with Gasteiger partial charge in [0.25, 0.3) is 0 Å². The summed E-state index contributed by atoms with van der Waals surface area (Å²) in [5.41, 5.74) is 2.41. The molecule has 2 amide bonds. The number of carbonyl (C=O) groups excluding carboxylic acids is 2. The number of rotatable bonds is 8. The molecule has 0 radical (unpaired) electrons. The van der Waals surface area contributed by atoms with Crippen LogP contribution in [0.15, 0.2) is 53.7 Å². The SMILES string of the molecule is Cc1cc(C)nc(SCC(=O)N(Cc2ccccc2F)C(C)C(=O)Nc2ccc3c(c2)OCO3)n1. The molecule has 1 aliphatic rings. The average molecular weight is 497 g/mol. The van der Waals surface area contributed by atoms with E-state index in [1.165, 1.54) is 22.7 Å². The van der Waals surface area contributed by atoms with E-state index < -0.39 is 17.8 Å². The van der Waals surface area contributed by atoms with E-state index in [1.54, 1.807) is 43.3 Å². The number of fused-ring (bicyclic) bond motifs is 1. The number of nitrogens with one attached hydrogen (secondary N) is 1. The minimum atomic E-state index is -0.881. The van der Waals surface area contributed by atoms with Crippen molar-refractivity contribution in [2.75, 3.05) is 17.9 Å². The van der Waals surface area contributed by atoms with E-state index in [2.05, 4.69) is 15.3 Å². The van der Waals surface area contributed by atoms with Gasteiger partial charge in [0.15, 0.2) is 16.7 Å². The zero-order valence-electron chi connectivity index (χ0n) is 19.6. The van der Waals surface area contributed by atoms with Crippen molar-refractivity contribution in [1.82, 2.24) is 14.9 Å². The zero-order valence-corrected chi connectivity index (χ0v) is 20.4. The Hall–Kier alpha value is -3.66. The molecule has 0 aliphatic carbocycles. The zero-order chi connectivity index (χ0) is 24.9. The molecule has 1 N–H and O–H groups in total. The van der Waals surface area contributed by atoms with Gasteiger partial charge in [-0.1, -0.05) is 30.0 Å². The lowest BCUT2D eigenvalue weighted by Gasteiger charge is -2.28. The number of halogens is 1. The van der Waals surface area contributed by atoms with Crippen molar-refractivity contribution in [2.45, 2.75) is 38.5 Å². The van der Waals surface area contributed by atoms with Gasteiger partial charge in [-0.25, -0.2) is 14.4 Å². The van der Waals surface area contributed by atoms with Crippen LogP contribution in [0.5, 0.6) is 11.5 Å². The van der Waals surface area contributed by atoms with E-state index in [0.717, 1.165) is 11.4 Å². The predicted octanol–water partition coefficient (Wildman–Crippen LogP) is 4.11. The molecule has 1 unspecified atom stereocenters. The minimum absolute atomic E-state index is 0.00100. The van der Waals surface area contributed by atoms with Crippen molar-refractivity contribution in [3.05, 3.63) is 71.3 Å². The van der Waals surface area contributed by atoms with Gasteiger partial charge in [-0.05, 0) is 45.0 Å². The minimum Gasteiger partial charge on any atom is -0.454 e. The number of ether oxygens (including phenoxy) is 2. The Balaban J connectivity index is 1.51. The van der Waals surface area contributed by atoms with Crippen molar-refractivity contribution in [3.8, 4) is 11.5 Å². The summed E-state index contributed by atoms with van der Waals surface area (Å²) in [6, 6.07) is 12.2. The van der Waals surface area contributed by atoms with E-state index in [4.69, 9.17) is 9.47 Å². The van der Waals surface area contributed by atoms with Crippen molar-refractivity contribution >= 4 is 29.3 Å². The molecule has 1 atom stereocenters. The van der Waals surface area contributed by atoms with Gasteiger partial charge in [0, 0.05) is 35.2 Å². The van der Waals surface area contributed by atoms with Crippen LogP contribution >= 0.6 is 11.8 Å². The van der Waals surface area contributed by atoms with E-state index in [0.29, 0.717) is 27.9 Å². The lowest BCUT2D eigenvalue weighted by atomic mass is 10.1. The van der Waals surface area contributed by atoms with E-state index in [1.807, 2.05) is 19.9 Å². The molecule has 2 aromatic carbocycles. The Kier molecular flexibility index (Phi) is 7.50. The number of hydrogen-bond donors (Lipinski definition) is 1. The van der Waals surface area contributed by atoms with Gasteiger partial charge in [0.1, 0.15) is 11.9 Å². The largest absolute Gasteiger partial charge is 0.454 e. The van der Waals surface area contributed by atoms with Crippen LogP contribution in [-0.4, -0.2) is 45.3 Å². The average Bonchev–Trinajstić information content (AvgIpc) is 3.29. The third kappa shape index (κ3) is 6.07. The van der Waals surface area contributed by atoms with Crippen molar-refractivity contribution in [1.29, 1.82) is 0 Å². The molecule has 3 aromatic rings. The number of carbonyl (C=O) groups is 2. The Bertz CT molecular complexity index is 1240. The van der Waals surface area contributed by atoms with Crippen LogP contribution in [0, 0.1) is 19.7 Å². The maximum absolute atomic E-state index is 14.4. The van der Waals surface area contributed by atoms with Crippen LogP contribution in [0.25, 0.3) is 0 Å². The topological polar surface area (TPSA) is 93.7 Å². The summed E-state index contributed by atoms with van der Waals surface area (Å²) in [7, 11) is 0.